The van der Waals surface area contributed by atoms with Crippen molar-refractivity contribution in [2.75, 3.05) is 38.3 Å². The predicted molar refractivity (Wildman–Crippen MR) is 117 cm³/mol. The van der Waals surface area contributed by atoms with Crippen LogP contribution in [0.3, 0.4) is 0 Å². The molecule has 1 aromatic heterocycles. The zero-order chi connectivity index (χ0) is 19.6. The second-order valence-corrected chi connectivity index (χ2v) is 8.95. The molecule has 0 bridgehead atoms. The van der Waals surface area contributed by atoms with E-state index < -0.39 is 0 Å². The molecular weight excluding hydrogens is 398 g/mol. The number of quaternary nitrogens is 1. The van der Waals surface area contributed by atoms with Crippen LogP contribution in [0.5, 0.6) is 0 Å². The van der Waals surface area contributed by atoms with E-state index in [0.717, 1.165) is 27.2 Å². The molecule has 0 aliphatic heterocycles. The Hall–Kier alpha value is -1.60. The highest BCUT2D eigenvalue weighted by Crippen LogP contribution is 2.36. The molecule has 0 fully saturated rings. The summed E-state index contributed by atoms with van der Waals surface area (Å²) in [7, 11) is 4.16. The van der Waals surface area contributed by atoms with Crippen molar-refractivity contribution < 1.29 is 9.69 Å². The van der Waals surface area contributed by atoms with Gasteiger partial charge in [-0.3, -0.25) is 9.69 Å². The van der Waals surface area contributed by atoms with E-state index in [0.29, 0.717) is 22.3 Å². The standard InChI is InChI=1S/C20H22ClN3OS2/c1-13-5-10-16(21)18-17(13)22-20(27-18)24(12-11-23(2)3)19(25)14-6-8-15(26-4)9-7-14/h5-10H,11-12H2,1-4H3/p+1. The molecule has 27 heavy (non-hydrogen) atoms. The van der Waals surface area contributed by atoms with E-state index >= 15 is 0 Å². The first-order valence-electron chi connectivity index (χ1n) is 8.71. The van der Waals surface area contributed by atoms with E-state index in [-0.39, 0.29) is 5.91 Å². The van der Waals surface area contributed by atoms with Gasteiger partial charge >= 0.3 is 0 Å². The highest BCUT2D eigenvalue weighted by Gasteiger charge is 2.23. The summed E-state index contributed by atoms with van der Waals surface area (Å²) in [6, 6.07) is 11.6. The molecule has 1 heterocycles. The summed E-state index contributed by atoms with van der Waals surface area (Å²) in [6.07, 6.45) is 2.02. The van der Waals surface area contributed by atoms with Crippen molar-refractivity contribution in [2.24, 2.45) is 0 Å². The maximum Gasteiger partial charge on any atom is 0.260 e. The van der Waals surface area contributed by atoms with E-state index in [1.165, 1.54) is 16.2 Å². The van der Waals surface area contributed by atoms with Gasteiger partial charge in [-0.1, -0.05) is 29.0 Å². The molecule has 2 aromatic carbocycles. The third kappa shape index (κ3) is 4.46. The Morgan fingerprint density at radius 3 is 2.52 bits per heavy atom. The summed E-state index contributed by atoms with van der Waals surface area (Å²) < 4.78 is 0.930. The molecule has 0 atom stereocenters. The van der Waals surface area contributed by atoms with E-state index in [1.54, 1.807) is 16.7 Å². The molecule has 142 valence electrons. The van der Waals surface area contributed by atoms with Gasteiger partial charge in [-0.2, -0.15) is 0 Å². The third-order valence-corrected chi connectivity index (χ3v) is 6.62. The van der Waals surface area contributed by atoms with Gasteiger partial charge in [0.15, 0.2) is 5.13 Å². The number of hydrogen-bond donors (Lipinski definition) is 1. The van der Waals surface area contributed by atoms with Gasteiger partial charge in [0.05, 0.1) is 42.4 Å². The molecule has 1 amide bonds. The van der Waals surface area contributed by atoms with Gasteiger partial charge in [0.1, 0.15) is 0 Å². The Balaban J connectivity index is 2.01. The van der Waals surface area contributed by atoms with Crippen molar-refractivity contribution in [1.82, 2.24) is 4.98 Å². The number of hydrogen-bond acceptors (Lipinski definition) is 4. The average molecular weight is 421 g/mol. The highest BCUT2D eigenvalue weighted by atomic mass is 35.5. The number of benzene rings is 2. The van der Waals surface area contributed by atoms with Crippen LogP contribution >= 0.6 is 34.7 Å². The highest BCUT2D eigenvalue weighted by molar-refractivity contribution is 7.98. The lowest BCUT2D eigenvalue weighted by molar-refractivity contribution is -0.856. The van der Waals surface area contributed by atoms with Crippen LogP contribution in [0.2, 0.25) is 5.02 Å². The first-order valence-corrected chi connectivity index (χ1v) is 11.1. The zero-order valence-corrected chi connectivity index (χ0v) is 18.3. The van der Waals surface area contributed by atoms with E-state index in [1.807, 2.05) is 49.6 Å². The van der Waals surface area contributed by atoms with Crippen LogP contribution in [0, 0.1) is 6.92 Å². The summed E-state index contributed by atoms with van der Waals surface area (Å²) in [6.45, 7) is 3.44. The van der Waals surface area contributed by atoms with Crippen molar-refractivity contribution >= 4 is 56.0 Å². The van der Waals surface area contributed by atoms with Gasteiger partial charge in [-0.05, 0) is 49.1 Å². The number of rotatable bonds is 6. The minimum Gasteiger partial charge on any atom is -0.338 e. The second kappa shape index (κ2) is 8.61. The van der Waals surface area contributed by atoms with E-state index in [2.05, 4.69) is 14.1 Å². The molecule has 0 spiro atoms. The molecule has 0 saturated carbocycles. The number of likely N-dealkylation sites (N-methyl/N-ethyl adjacent to an activating group) is 1. The monoisotopic (exact) mass is 420 g/mol. The maximum absolute atomic E-state index is 13.2. The smallest absolute Gasteiger partial charge is 0.260 e. The average Bonchev–Trinajstić information content (AvgIpc) is 3.11. The number of fused-ring (bicyclic) bond motifs is 1. The number of aromatic nitrogens is 1. The van der Waals surface area contributed by atoms with Gasteiger partial charge in [-0.15, -0.1) is 11.8 Å². The van der Waals surface area contributed by atoms with Crippen LogP contribution in [0.4, 0.5) is 5.13 Å². The first-order chi connectivity index (χ1) is 12.9. The van der Waals surface area contributed by atoms with Crippen LogP contribution in [0.15, 0.2) is 41.3 Å². The molecule has 7 heteroatoms. The molecular formula is C20H23ClN3OS2+. The Kier molecular flexibility index (Phi) is 6.42. The van der Waals surface area contributed by atoms with Gasteiger partial charge in [0, 0.05) is 10.5 Å². The molecule has 3 rings (SSSR count). The molecule has 0 saturated heterocycles. The van der Waals surface area contributed by atoms with Gasteiger partial charge in [0.25, 0.3) is 5.91 Å². The largest absolute Gasteiger partial charge is 0.338 e. The minimum absolute atomic E-state index is 0.0308. The van der Waals surface area contributed by atoms with Crippen LogP contribution in [-0.2, 0) is 0 Å². The van der Waals surface area contributed by atoms with Gasteiger partial charge < -0.3 is 4.90 Å². The molecule has 0 aliphatic rings. The number of thioether (sulfide) groups is 1. The number of amides is 1. The van der Waals surface area contributed by atoms with Crippen LogP contribution in [-0.4, -0.2) is 44.3 Å². The number of aryl methyl sites for hydroxylation is 1. The lowest BCUT2D eigenvalue weighted by Gasteiger charge is -2.20. The fourth-order valence-electron chi connectivity index (χ4n) is 2.72. The molecule has 4 nitrogen and oxygen atoms in total. The molecule has 1 N–H and O–H groups in total. The molecule has 0 radical (unpaired) electrons. The van der Waals surface area contributed by atoms with E-state index in [4.69, 9.17) is 16.6 Å². The Bertz CT molecular complexity index is 915. The third-order valence-electron chi connectivity index (χ3n) is 4.33. The van der Waals surface area contributed by atoms with Crippen LogP contribution in [0.1, 0.15) is 15.9 Å². The molecule has 0 aliphatic carbocycles. The Labute approximate surface area is 173 Å². The lowest BCUT2D eigenvalue weighted by atomic mass is 10.2. The number of carbonyl (C=O) groups excluding carboxylic acids is 1. The fraction of sp³-hybridized carbons (Fsp3) is 0.300. The van der Waals surface area contributed by atoms with Crippen molar-refractivity contribution in [3.05, 3.63) is 52.5 Å². The maximum atomic E-state index is 13.2. The first kappa shape index (κ1) is 20.1. The Morgan fingerprint density at radius 2 is 1.93 bits per heavy atom. The molecule has 3 aromatic rings. The number of anilines is 1. The summed E-state index contributed by atoms with van der Waals surface area (Å²) in [4.78, 5) is 22.2. The zero-order valence-electron chi connectivity index (χ0n) is 15.9. The molecule has 0 unspecified atom stereocenters. The summed E-state index contributed by atoms with van der Waals surface area (Å²) in [5, 5.41) is 1.37. The number of nitrogens with zero attached hydrogens (tertiary/aromatic N) is 2. The summed E-state index contributed by atoms with van der Waals surface area (Å²) in [5.74, 6) is -0.0308. The van der Waals surface area contributed by atoms with Crippen molar-refractivity contribution in [3.8, 4) is 0 Å². The number of carbonyl (C=O) groups is 1. The van der Waals surface area contributed by atoms with Crippen molar-refractivity contribution in [2.45, 2.75) is 11.8 Å². The Morgan fingerprint density at radius 1 is 1.22 bits per heavy atom. The van der Waals surface area contributed by atoms with Gasteiger partial charge in [-0.25, -0.2) is 4.98 Å². The van der Waals surface area contributed by atoms with Crippen molar-refractivity contribution in [1.29, 1.82) is 0 Å². The predicted octanol–water partition coefficient (Wildman–Crippen LogP) is 3.77. The van der Waals surface area contributed by atoms with E-state index in [9.17, 15) is 4.79 Å². The normalized spacial score (nSPS) is 11.3. The summed E-state index contributed by atoms with van der Waals surface area (Å²) in [5.41, 5.74) is 2.60. The minimum atomic E-state index is -0.0308. The van der Waals surface area contributed by atoms with Gasteiger partial charge in [0.2, 0.25) is 0 Å². The second-order valence-electron chi connectivity index (χ2n) is 6.68. The SMILES string of the molecule is CSc1ccc(C(=O)N(CC[NH+](C)C)c2nc3c(C)ccc(Cl)c3s2)cc1. The summed E-state index contributed by atoms with van der Waals surface area (Å²) >= 11 is 9.50. The fourth-order valence-corrected chi connectivity index (χ4v) is 4.46. The lowest BCUT2D eigenvalue weighted by Crippen LogP contribution is -3.06. The van der Waals surface area contributed by atoms with Crippen molar-refractivity contribution in [3.63, 3.8) is 0 Å². The number of thiazole rings is 1. The van der Waals surface area contributed by atoms with Crippen LogP contribution in [0.25, 0.3) is 10.2 Å². The number of halogens is 1. The topological polar surface area (TPSA) is 37.6 Å². The number of nitrogens with one attached hydrogen (secondary N) is 1. The van der Waals surface area contributed by atoms with Crippen LogP contribution < -0.4 is 9.80 Å². The quantitative estimate of drug-likeness (QED) is 0.617.